The second-order valence-corrected chi connectivity index (χ2v) is 6.42. The molecule has 0 saturated heterocycles. The van der Waals surface area contributed by atoms with Crippen LogP contribution >= 0.6 is 0 Å². The summed E-state index contributed by atoms with van der Waals surface area (Å²) in [4.78, 5) is 36.2. The largest absolute Gasteiger partial charge is 0.493 e. The summed E-state index contributed by atoms with van der Waals surface area (Å²) in [6.07, 6.45) is 0.137. The fourth-order valence-corrected chi connectivity index (χ4v) is 2.61. The molecule has 8 heteroatoms. The third-order valence-electron chi connectivity index (χ3n) is 4.02. The van der Waals surface area contributed by atoms with Crippen molar-refractivity contribution in [2.45, 2.75) is 13.3 Å². The minimum absolute atomic E-state index is 0.0685. The Morgan fingerprint density at radius 2 is 1.82 bits per heavy atom. The Labute approximate surface area is 159 Å². The third-order valence-corrected chi connectivity index (χ3v) is 4.02. The molecular weight excluding hydrogens is 364 g/mol. The number of nitro groups is 1. The molecule has 0 amide bonds. The molecular formula is C20H18N2O6. The Kier molecular flexibility index (Phi) is 5.69. The van der Waals surface area contributed by atoms with E-state index >= 15 is 0 Å². The van der Waals surface area contributed by atoms with Gasteiger partial charge in [-0.25, -0.2) is 0 Å². The summed E-state index contributed by atoms with van der Waals surface area (Å²) in [5.41, 5.74) is 0.488. The summed E-state index contributed by atoms with van der Waals surface area (Å²) in [6.45, 7) is 2.17. The van der Waals surface area contributed by atoms with Crippen LogP contribution in [0.4, 0.5) is 5.69 Å². The molecule has 0 saturated carbocycles. The lowest BCUT2D eigenvalue weighted by Crippen LogP contribution is -2.17. The van der Waals surface area contributed by atoms with Crippen LogP contribution in [-0.4, -0.2) is 22.5 Å². The molecule has 28 heavy (non-hydrogen) atoms. The Morgan fingerprint density at radius 1 is 1.11 bits per heavy atom. The van der Waals surface area contributed by atoms with Crippen LogP contribution in [0, 0.1) is 16.0 Å². The average molecular weight is 382 g/mol. The third kappa shape index (κ3) is 4.94. The second-order valence-electron chi connectivity index (χ2n) is 6.42. The molecule has 144 valence electrons. The van der Waals surface area contributed by atoms with E-state index in [4.69, 9.17) is 9.47 Å². The zero-order valence-corrected chi connectivity index (χ0v) is 15.1. The van der Waals surface area contributed by atoms with E-state index in [0.717, 1.165) is 10.9 Å². The fourth-order valence-electron chi connectivity index (χ4n) is 2.61. The van der Waals surface area contributed by atoms with Crippen molar-refractivity contribution in [2.75, 3.05) is 6.61 Å². The number of esters is 1. The standard InChI is InChI=1S/C20H18N2O6/c1-13(10-20(24)28-16-5-3-15(4-6-16)22(25)26)12-27-17-7-8-18-14(11-17)2-9-19(23)21-18/h2-9,11,13H,10,12H2,1H3,(H,21,23). The van der Waals surface area contributed by atoms with Crippen molar-refractivity contribution in [1.82, 2.24) is 4.98 Å². The van der Waals surface area contributed by atoms with Crippen LogP contribution in [0.1, 0.15) is 13.3 Å². The Balaban J connectivity index is 1.51. The summed E-state index contributed by atoms with van der Waals surface area (Å²) < 4.78 is 10.9. The van der Waals surface area contributed by atoms with Gasteiger partial charge in [-0.2, -0.15) is 0 Å². The van der Waals surface area contributed by atoms with E-state index in [1.54, 1.807) is 18.2 Å². The highest BCUT2D eigenvalue weighted by Crippen LogP contribution is 2.20. The van der Waals surface area contributed by atoms with Gasteiger partial charge in [-0.1, -0.05) is 6.92 Å². The number of aromatic nitrogens is 1. The summed E-state index contributed by atoms with van der Waals surface area (Å²) in [6, 6.07) is 13.8. The van der Waals surface area contributed by atoms with Crippen molar-refractivity contribution in [3.05, 3.63) is 75.1 Å². The van der Waals surface area contributed by atoms with Crippen molar-refractivity contribution in [2.24, 2.45) is 5.92 Å². The average Bonchev–Trinajstić information content (AvgIpc) is 2.66. The first-order valence-corrected chi connectivity index (χ1v) is 8.62. The number of carbonyl (C=O) groups is 1. The molecule has 3 aromatic rings. The maximum atomic E-state index is 12.0. The summed E-state index contributed by atoms with van der Waals surface area (Å²) in [5.74, 6) is 0.347. The number of ether oxygens (including phenoxy) is 2. The van der Waals surface area contributed by atoms with Gasteiger partial charge in [0.25, 0.3) is 5.69 Å². The number of aromatic amines is 1. The molecule has 8 nitrogen and oxygen atoms in total. The molecule has 2 aromatic carbocycles. The van der Waals surface area contributed by atoms with Crippen LogP contribution in [0.2, 0.25) is 0 Å². The van der Waals surface area contributed by atoms with Crippen molar-refractivity contribution in [3.8, 4) is 11.5 Å². The SMILES string of the molecule is CC(COc1ccc2[nH]c(=O)ccc2c1)CC(=O)Oc1ccc([N+](=O)[O-])cc1. The van der Waals surface area contributed by atoms with Gasteiger partial charge in [-0.15, -0.1) is 0 Å². The van der Waals surface area contributed by atoms with E-state index in [2.05, 4.69) is 4.98 Å². The molecule has 1 heterocycles. The van der Waals surface area contributed by atoms with E-state index < -0.39 is 10.9 Å². The molecule has 0 aliphatic carbocycles. The highest BCUT2D eigenvalue weighted by molar-refractivity contribution is 5.79. The number of H-pyrrole nitrogens is 1. The van der Waals surface area contributed by atoms with Crippen LogP contribution in [0.3, 0.4) is 0 Å². The smallest absolute Gasteiger partial charge is 0.311 e. The van der Waals surface area contributed by atoms with Gasteiger partial charge in [0.15, 0.2) is 0 Å². The number of nitrogens with one attached hydrogen (secondary N) is 1. The Bertz CT molecular complexity index is 1060. The van der Waals surface area contributed by atoms with E-state index in [1.807, 2.05) is 13.0 Å². The highest BCUT2D eigenvalue weighted by Gasteiger charge is 2.13. The van der Waals surface area contributed by atoms with Gasteiger partial charge < -0.3 is 14.5 Å². The van der Waals surface area contributed by atoms with Crippen molar-refractivity contribution in [3.63, 3.8) is 0 Å². The predicted octanol–water partition coefficient (Wildman–Crippen LogP) is 3.45. The van der Waals surface area contributed by atoms with Crippen molar-refractivity contribution >= 4 is 22.6 Å². The molecule has 0 fully saturated rings. The number of pyridine rings is 1. The number of hydrogen-bond donors (Lipinski definition) is 1. The quantitative estimate of drug-likeness (QED) is 0.290. The first-order valence-electron chi connectivity index (χ1n) is 8.62. The lowest BCUT2D eigenvalue weighted by molar-refractivity contribution is -0.384. The van der Waals surface area contributed by atoms with E-state index in [0.29, 0.717) is 12.4 Å². The van der Waals surface area contributed by atoms with Crippen LogP contribution in [0.15, 0.2) is 59.4 Å². The summed E-state index contributed by atoms with van der Waals surface area (Å²) >= 11 is 0. The molecule has 0 aliphatic rings. The van der Waals surface area contributed by atoms with Crippen LogP contribution in [0.5, 0.6) is 11.5 Å². The fraction of sp³-hybridized carbons (Fsp3) is 0.200. The van der Waals surface area contributed by atoms with E-state index in [9.17, 15) is 19.7 Å². The number of non-ortho nitro benzene ring substituents is 1. The lowest BCUT2D eigenvalue weighted by Gasteiger charge is -2.13. The molecule has 1 unspecified atom stereocenters. The van der Waals surface area contributed by atoms with Crippen molar-refractivity contribution < 1.29 is 19.2 Å². The summed E-state index contributed by atoms with van der Waals surface area (Å²) in [7, 11) is 0. The maximum absolute atomic E-state index is 12.0. The zero-order chi connectivity index (χ0) is 20.1. The lowest BCUT2D eigenvalue weighted by atomic mass is 10.1. The van der Waals surface area contributed by atoms with Crippen LogP contribution < -0.4 is 15.0 Å². The number of fused-ring (bicyclic) bond motifs is 1. The number of rotatable bonds is 7. The molecule has 0 spiro atoms. The first-order chi connectivity index (χ1) is 13.4. The molecule has 0 aliphatic heterocycles. The number of nitro benzene ring substituents is 1. The van der Waals surface area contributed by atoms with E-state index in [-0.39, 0.29) is 29.3 Å². The first kappa shape index (κ1) is 19.1. The van der Waals surface area contributed by atoms with Gasteiger partial charge in [0, 0.05) is 35.0 Å². The van der Waals surface area contributed by atoms with Gasteiger partial charge in [-0.3, -0.25) is 19.7 Å². The van der Waals surface area contributed by atoms with Crippen LogP contribution in [-0.2, 0) is 4.79 Å². The van der Waals surface area contributed by atoms with Crippen LogP contribution in [0.25, 0.3) is 10.9 Å². The molecule has 1 aromatic heterocycles. The molecule has 1 N–H and O–H groups in total. The molecule has 1 atom stereocenters. The second kappa shape index (κ2) is 8.34. The minimum atomic E-state index is -0.518. The normalized spacial score (nSPS) is 11.8. The van der Waals surface area contributed by atoms with Crippen molar-refractivity contribution in [1.29, 1.82) is 0 Å². The number of hydrogen-bond acceptors (Lipinski definition) is 6. The molecule has 0 radical (unpaired) electrons. The number of benzene rings is 2. The maximum Gasteiger partial charge on any atom is 0.311 e. The Morgan fingerprint density at radius 3 is 2.54 bits per heavy atom. The number of nitrogens with zero attached hydrogens (tertiary/aromatic N) is 1. The number of carbonyl (C=O) groups excluding carboxylic acids is 1. The van der Waals surface area contributed by atoms with E-state index in [1.165, 1.54) is 30.3 Å². The topological polar surface area (TPSA) is 112 Å². The Hall–Kier alpha value is -3.68. The summed E-state index contributed by atoms with van der Waals surface area (Å²) in [5, 5.41) is 11.5. The molecule has 0 bridgehead atoms. The molecule has 3 rings (SSSR count). The van der Waals surface area contributed by atoms with Gasteiger partial charge in [0.05, 0.1) is 18.0 Å². The van der Waals surface area contributed by atoms with Gasteiger partial charge in [-0.05, 0) is 36.4 Å². The van der Waals surface area contributed by atoms with Gasteiger partial charge in [0.2, 0.25) is 5.56 Å². The van der Waals surface area contributed by atoms with Gasteiger partial charge in [0.1, 0.15) is 11.5 Å². The highest BCUT2D eigenvalue weighted by atomic mass is 16.6. The minimum Gasteiger partial charge on any atom is -0.493 e. The zero-order valence-electron chi connectivity index (χ0n) is 15.1. The predicted molar refractivity (Wildman–Crippen MR) is 103 cm³/mol. The van der Waals surface area contributed by atoms with Gasteiger partial charge >= 0.3 is 5.97 Å². The monoisotopic (exact) mass is 382 g/mol.